The summed E-state index contributed by atoms with van der Waals surface area (Å²) in [7, 11) is 4.80. The number of rotatable bonds is 11. The van der Waals surface area contributed by atoms with E-state index in [1.54, 1.807) is 26.2 Å². The number of carbonyl (C=O) groups excluding carboxylic acids is 1. The summed E-state index contributed by atoms with van der Waals surface area (Å²) in [6, 6.07) is 5.47. The van der Waals surface area contributed by atoms with Crippen LogP contribution in [0, 0.1) is 5.92 Å². The monoisotopic (exact) mass is 408 g/mol. The van der Waals surface area contributed by atoms with Crippen LogP contribution in [0.25, 0.3) is 0 Å². The number of methoxy groups -OCH3 is 3. The van der Waals surface area contributed by atoms with Gasteiger partial charge in [-0.2, -0.15) is 0 Å². The molecule has 1 amide bonds. The molecule has 0 bridgehead atoms. The lowest BCUT2D eigenvalue weighted by Gasteiger charge is -2.23. The second kappa shape index (κ2) is 10.9. The van der Waals surface area contributed by atoms with Gasteiger partial charge in [0.25, 0.3) is 0 Å². The lowest BCUT2D eigenvalue weighted by atomic mass is 10.2. The first-order valence-corrected chi connectivity index (χ1v) is 9.92. The van der Waals surface area contributed by atoms with E-state index in [-0.39, 0.29) is 18.4 Å². The quantitative estimate of drug-likeness (QED) is 0.568. The number of carbonyl (C=O) groups is 1. The van der Waals surface area contributed by atoms with E-state index in [1.165, 1.54) is 11.3 Å². The Bertz CT molecular complexity index is 741. The fraction of sp³-hybridized carbons (Fsp3) is 0.500. The van der Waals surface area contributed by atoms with E-state index in [0.29, 0.717) is 36.9 Å². The maximum absolute atomic E-state index is 12.4. The highest BCUT2D eigenvalue weighted by Crippen LogP contribution is 2.37. The van der Waals surface area contributed by atoms with Gasteiger partial charge in [-0.25, -0.2) is 4.98 Å². The molecule has 0 spiro atoms. The number of hydrogen-bond donors (Lipinski definition) is 0. The third kappa shape index (κ3) is 5.84. The highest BCUT2D eigenvalue weighted by atomic mass is 32.1. The molecule has 28 heavy (non-hydrogen) atoms. The molecule has 2 aromatic rings. The average Bonchev–Trinajstić information content (AvgIpc) is 3.15. The lowest BCUT2D eigenvalue weighted by molar-refractivity contribution is -0.135. The highest BCUT2D eigenvalue weighted by Gasteiger charge is 2.19. The minimum absolute atomic E-state index is 0.0729. The van der Waals surface area contributed by atoms with Gasteiger partial charge in [0.1, 0.15) is 11.6 Å². The Labute approximate surface area is 170 Å². The molecule has 0 aliphatic carbocycles. The van der Waals surface area contributed by atoms with Crippen molar-refractivity contribution in [2.24, 2.45) is 5.92 Å². The van der Waals surface area contributed by atoms with Gasteiger partial charge in [0, 0.05) is 25.0 Å². The highest BCUT2D eigenvalue weighted by molar-refractivity contribution is 7.09. The number of thiazole rings is 1. The van der Waals surface area contributed by atoms with Crippen molar-refractivity contribution in [2.75, 3.05) is 34.5 Å². The summed E-state index contributed by atoms with van der Waals surface area (Å²) in [4.78, 5) is 18.8. The standard InChI is InChI=1S/C20H28N2O5S/c1-14(2)20(23)22(9-10-24-3)11-15-13-28-18(21-15)12-27-19-16(25-4)7-6-8-17(19)26-5/h6-8,13-14H,9-12H2,1-5H3. The molecule has 1 heterocycles. The Morgan fingerprint density at radius 3 is 2.43 bits per heavy atom. The summed E-state index contributed by atoms with van der Waals surface area (Å²) < 4.78 is 21.7. The zero-order valence-corrected chi connectivity index (χ0v) is 17.9. The Hall–Kier alpha value is -2.32. The summed E-state index contributed by atoms with van der Waals surface area (Å²) in [5.41, 5.74) is 0.834. The molecule has 154 valence electrons. The molecule has 0 aliphatic heterocycles. The summed E-state index contributed by atoms with van der Waals surface area (Å²) >= 11 is 1.49. The minimum atomic E-state index is -0.0729. The number of nitrogens with zero attached hydrogens (tertiary/aromatic N) is 2. The van der Waals surface area contributed by atoms with Gasteiger partial charge >= 0.3 is 0 Å². The molecule has 0 saturated heterocycles. The Balaban J connectivity index is 2.05. The van der Waals surface area contributed by atoms with Gasteiger partial charge in [0.2, 0.25) is 11.7 Å². The summed E-state index contributed by atoms with van der Waals surface area (Å²) in [5, 5.41) is 2.76. The topological polar surface area (TPSA) is 70.1 Å². The summed E-state index contributed by atoms with van der Waals surface area (Å²) in [6.45, 7) is 5.56. The molecule has 0 N–H and O–H groups in total. The fourth-order valence-corrected chi connectivity index (χ4v) is 3.31. The molecule has 8 heteroatoms. The zero-order valence-electron chi connectivity index (χ0n) is 17.1. The number of ether oxygens (including phenoxy) is 4. The van der Waals surface area contributed by atoms with E-state index in [1.807, 2.05) is 37.4 Å². The van der Waals surface area contributed by atoms with Crippen molar-refractivity contribution in [3.8, 4) is 17.2 Å². The molecule has 0 saturated carbocycles. The molecule has 0 fully saturated rings. The van der Waals surface area contributed by atoms with Crippen molar-refractivity contribution in [3.63, 3.8) is 0 Å². The molecule has 1 aromatic carbocycles. The molecular weight excluding hydrogens is 380 g/mol. The van der Waals surface area contributed by atoms with Crippen molar-refractivity contribution in [1.29, 1.82) is 0 Å². The van der Waals surface area contributed by atoms with E-state index in [0.717, 1.165) is 10.7 Å². The van der Waals surface area contributed by atoms with Crippen molar-refractivity contribution in [2.45, 2.75) is 27.0 Å². The van der Waals surface area contributed by atoms with E-state index in [9.17, 15) is 4.79 Å². The molecule has 0 aliphatic rings. The lowest BCUT2D eigenvalue weighted by Crippen LogP contribution is -2.36. The van der Waals surface area contributed by atoms with Crippen LogP contribution < -0.4 is 14.2 Å². The van der Waals surface area contributed by atoms with Crippen LogP contribution in [0.2, 0.25) is 0 Å². The van der Waals surface area contributed by atoms with Crippen LogP contribution in [0.5, 0.6) is 17.2 Å². The molecule has 0 unspecified atom stereocenters. The van der Waals surface area contributed by atoms with E-state index in [4.69, 9.17) is 18.9 Å². The van der Waals surface area contributed by atoms with Gasteiger partial charge in [-0.1, -0.05) is 19.9 Å². The van der Waals surface area contributed by atoms with Crippen LogP contribution in [0.15, 0.2) is 23.6 Å². The SMILES string of the molecule is COCCN(Cc1csc(COc2c(OC)cccc2OC)n1)C(=O)C(C)C. The Morgan fingerprint density at radius 2 is 1.86 bits per heavy atom. The number of para-hydroxylation sites is 1. The smallest absolute Gasteiger partial charge is 0.225 e. The van der Waals surface area contributed by atoms with Crippen molar-refractivity contribution in [3.05, 3.63) is 34.3 Å². The number of aromatic nitrogens is 1. The van der Waals surface area contributed by atoms with Crippen LogP contribution in [-0.4, -0.2) is 50.3 Å². The third-order valence-corrected chi connectivity index (χ3v) is 4.92. The van der Waals surface area contributed by atoms with E-state index >= 15 is 0 Å². The van der Waals surface area contributed by atoms with Crippen LogP contribution in [0.4, 0.5) is 0 Å². The normalized spacial score (nSPS) is 10.8. The predicted molar refractivity (Wildman–Crippen MR) is 108 cm³/mol. The first-order chi connectivity index (χ1) is 13.5. The molecule has 1 aromatic heterocycles. The van der Waals surface area contributed by atoms with Crippen LogP contribution in [0.1, 0.15) is 24.5 Å². The van der Waals surface area contributed by atoms with Crippen LogP contribution in [0.3, 0.4) is 0 Å². The first-order valence-electron chi connectivity index (χ1n) is 9.04. The van der Waals surface area contributed by atoms with Crippen molar-refractivity contribution >= 4 is 17.2 Å². The van der Waals surface area contributed by atoms with Gasteiger partial charge < -0.3 is 23.8 Å². The maximum atomic E-state index is 12.4. The average molecular weight is 409 g/mol. The Morgan fingerprint density at radius 1 is 1.18 bits per heavy atom. The zero-order chi connectivity index (χ0) is 20.5. The maximum Gasteiger partial charge on any atom is 0.225 e. The van der Waals surface area contributed by atoms with Gasteiger partial charge in [-0.3, -0.25) is 4.79 Å². The number of benzene rings is 1. The van der Waals surface area contributed by atoms with Crippen molar-refractivity contribution in [1.82, 2.24) is 9.88 Å². The summed E-state index contributed by atoms with van der Waals surface area (Å²) in [6.07, 6.45) is 0. The largest absolute Gasteiger partial charge is 0.493 e. The Kier molecular flexibility index (Phi) is 8.53. The van der Waals surface area contributed by atoms with Gasteiger partial charge in [0.05, 0.1) is 33.1 Å². The van der Waals surface area contributed by atoms with E-state index in [2.05, 4.69) is 4.98 Å². The molecule has 7 nitrogen and oxygen atoms in total. The second-order valence-electron chi connectivity index (χ2n) is 6.42. The van der Waals surface area contributed by atoms with Gasteiger partial charge in [-0.05, 0) is 12.1 Å². The van der Waals surface area contributed by atoms with E-state index < -0.39 is 0 Å². The molecule has 0 atom stereocenters. The number of amides is 1. The van der Waals surface area contributed by atoms with Crippen LogP contribution in [-0.2, 0) is 22.7 Å². The van der Waals surface area contributed by atoms with Crippen LogP contribution >= 0.6 is 11.3 Å². The second-order valence-corrected chi connectivity index (χ2v) is 7.36. The minimum Gasteiger partial charge on any atom is -0.493 e. The van der Waals surface area contributed by atoms with Gasteiger partial charge in [-0.15, -0.1) is 11.3 Å². The fourth-order valence-electron chi connectivity index (χ4n) is 2.61. The molecular formula is C20H28N2O5S. The first kappa shape index (κ1) is 22.0. The third-order valence-electron chi connectivity index (χ3n) is 4.05. The predicted octanol–water partition coefficient (Wildman–Crippen LogP) is 3.37. The van der Waals surface area contributed by atoms with Crippen molar-refractivity contribution < 1.29 is 23.7 Å². The number of hydrogen-bond acceptors (Lipinski definition) is 7. The van der Waals surface area contributed by atoms with Gasteiger partial charge in [0.15, 0.2) is 11.5 Å². The molecule has 0 radical (unpaired) electrons. The summed E-state index contributed by atoms with van der Waals surface area (Å²) in [5.74, 6) is 1.76. The molecule has 2 rings (SSSR count).